The van der Waals surface area contributed by atoms with Crippen LogP contribution in [0.4, 0.5) is 0 Å². The lowest BCUT2D eigenvalue weighted by Gasteiger charge is -2.08. The lowest BCUT2D eigenvalue weighted by atomic mass is 10.2. The normalized spacial score (nSPS) is 10.2. The fraction of sp³-hybridized carbons (Fsp3) is 0.400. The van der Waals surface area contributed by atoms with Crippen LogP contribution in [0, 0.1) is 0 Å². The molecule has 78 valence electrons. The van der Waals surface area contributed by atoms with E-state index in [9.17, 15) is 0 Å². The Morgan fingerprint density at radius 1 is 1.36 bits per heavy atom. The fourth-order valence-corrected chi connectivity index (χ4v) is 1.45. The fourth-order valence-electron chi connectivity index (χ4n) is 1.02. The highest BCUT2D eigenvalue weighted by atomic mass is 35.5. The van der Waals surface area contributed by atoms with E-state index in [1.54, 1.807) is 7.11 Å². The van der Waals surface area contributed by atoms with Gasteiger partial charge in [-0.2, -0.15) is 0 Å². The highest BCUT2D eigenvalue weighted by molar-refractivity contribution is 7.15. The highest BCUT2D eigenvalue weighted by Gasteiger charge is 2.01. The molecule has 0 radical (unpaired) electrons. The molecule has 0 aliphatic heterocycles. The van der Waals surface area contributed by atoms with Crippen LogP contribution in [0.3, 0.4) is 0 Å². The van der Waals surface area contributed by atoms with Crippen molar-refractivity contribution in [2.24, 2.45) is 0 Å². The molecule has 0 saturated carbocycles. The van der Waals surface area contributed by atoms with Crippen LogP contribution in [0.5, 0.6) is 5.75 Å². The maximum Gasteiger partial charge on any atom is 0.138 e. The molecule has 14 heavy (non-hydrogen) atoms. The van der Waals surface area contributed by atoms with Gasteiger partial charge in [-0.15, -0.1) is 9.24 Å². The van der Waals surface area contributed by atoms with Gasteiger partial charge in [0.15, 0.2) is 0 Å². The van der Waals surface area contributed by atoms with Gasteiger partial charge in [0.25, 0.3) is 0 Å². The van der Waals surface area contributed by atoms with Crippen molar-refractivity contribution in [3.8, 4) is 5.75 Å². The van der Waals surface area contributed by atoms with Gasteiger partial charge >= 0.3 is 0 Å². The van der Waals surface area contributed by atoms with Crippen LogP contribution in [0.25, 0.3) is 0 Å². The predicted molar refractivity (Wildman–Crippen MR) is 62.2 cm³/mol. The molecule has 1 rings (SSSR count). The quantitative estimate of drug-likeness (QED) is 0.574. The zero-order chi connectivity index (χ0) is 10.4. The Kier molecular flexibility index (Phi) is 5.24. The number of hydrogen-bond acceptors (Lipinski definition) is 2. The SMILES string of the molecule is COCCOc1cc(CP)ccc1Cl. The Hall–Kier alpha value is -0.300. The van der Waals surface area contributed by atoms with Crippen molar-refractivity contribution in [3.63, 3.8) is 0 Å². The molecule has 0 spiro atoms. The molecule has 1 atom stereocenters. The van der Waals surface area contributed by atoms with E-state index in [1.807, 2.05) is 18.2 Å². The van der Waals surface area contributed by atoms with Crippen molar-refractivity contribution in [2.45, 2.75) is 6.16 Å². The molecule has 0 N–H and O–H groups in total. The molecular formula is C10H14ClO2P. The summed E-state index contributed by atoms with van der Waals surface area (Å²) in [6, 6.07) is 5.78. The lowest BCUT2D eigenvalue weighted by Crippen LogP contribution is -2.04. The molecule has 0 fully saturated rings. The molecule has 0 saturated heterocycles. The van der Waals surface area contributed by atoms with E-state index in [-0.39, 0.29) is 0 Å². The zero-order valence-corrected chi connectivity index (χ0v) is 10.0. The number of halogens is 1. The Labute approximate surface area is 91.8 Å². The first kappa shape index (κ1) is 11.8. The van der Waals surface area contributed by atoms with E-state index in [1.165, 1.54) is 5.56 Å². The number of ether oxygens (including phenoxy) is 2. The van der Waals surface area contributed by atoms with E-state index in [4.69, 9.17) is 21.1 Å². The summed E-state index contributed by atoms with van der Waals surface area (Å²) in [6.45, 7) is 1.10. The van der Waals surface area contributed by atoms with Crippen LogP contribution >= 0.6 is 20.8 Å². The van der Waals surface area contributed by atoms with Crippen LogP contribution in [0.1, 0.15) is 5.56 Å². The molecule has 1 unspecified atom stereocenters. The molecule has 0 aliphatic carbocycles. The molecule has 0 heterocycles. The monoisotopic (exact) mass is 232 g/mol. The predicted octanol–water partition coefficient (Wildman–Crippen LogP) is 2.74. The summed E-state index contributed by atoms with van der Waals surface area (Å²) in [4.78, 5) is 0. The van der Waals surface area contributed by atoms with Crippen LogP contribution in [0.15, 0.2) is 18.2 Å². The molecule has 1 aromatic carbocycles. The van der Waals surface area contributed by atoms with Gasteiger partial charge < -0.3 is 9.47 Å². The average molecular weight is 233 g/mol. The second-order valence-electron chi connectivity index (χ2n) is 2.81. The molecule has 0 aliphatic rings. The Morgan fingerprint density at radius 3 is 2.79 bits per heavy atom. The van der Waals surface area contributed by atoms with Crippen LogP contribution in [-0.2, 0) is 10.9 Å². The van der Waals surface area contributed by atoms with Crippen molar-refractivity contribution in [3.05, 3.63) is 28.8 Å². The Bertz CT molecular complexity index is 291. The maximum absolute atomic E-state index is 5.96. The molecule has 4 heteroatoms. The summed E-state index contributed by atoms with van der Waals surface area (Å²) < 4.78 is 10.3. The minimum atomic E-state index is 0.524. The molecule has 0 bridgehead atoms. The van der Waals surface area contributed by atoms with Gasteiger partial charge in [-0.05, 0) is 23.9 Å². The molecule has 1 aromatic rings. The van der Waals surface area contributed by atoms with Crippen LogP contribution in [-0.4, -0.2) is 20.3 Å². The van der Waals surface area contributed by atoms with Gasteiger partial charge in [0, 0.05) is 7.11 Å². The molecular weight excluding hydrogens is 219 g/mol. The first-order valence-electron chi connectivity index (χ1n) is 4.38. The number of hydrogen-bond donors (Lipinski definition) is 0. The first-order chi connectivity index (χ1) is 6.77. The highest BCUT2D eigenvalue weighted by Crippen LogP contribution is 2.26. The van der Waals surface area contributed by atoms with E-state index in [2.05, 4.69) is 9.24 Å². The summed E-state index contributed by atoms with van der Waals surface area (Å²) >= 11 is 5.96. The minimum Gasteiger partial charge on any atom is -0.490 e. The summed E-state index contributed by atoms with van der Waals surface area (Å²) in [5.74, 6) is 0.726. The third kappa shape index (κ3) is 3.45. The van der Waals surface area contributed by atoms with Crippen molar-refractivity contribution in [2.75, 3.05) is 20.3 Å². The van der Waals surface area contributed by atoms with Crippen molar-refractivity contribution < 1.29 is 9.47 Å². The summed E-state index contributed by atoms with van der Waals surface area (Å²) in [5, 5.41) is 0.642. The average Bonchev–Trinajstić information content (AvgIpc) is 2.21. The zero-order valence-electron chi connectivity index (χ0n) is 8.13. The van der Waals surface area contributed by atoms with Gasteiger partial charge in [-0.3, -0.25) is 0 Å². The standard InChI is InChI=1S/C10H14ClO2P/c1-12-4-5-13-10-6-8(7-14)2-3-9(10)11/h2-3,6H,4-5,7,14H2,1H3. The second-order valence-corrected chi connectivity index (χ2v) is 3.63. The summed E-state index contributed by atoms with van der Waals surface area (Å²) in [7, 11) is 4.31. The van der Waals surface area contributed by atoms with Gasteiger partial charge in [0.1, 0.15) is 12.4 Å². The third-order valence-electron chi connectivity index (χ3n) is 1.78. The van der Waals surface area contributed by atoms with E-state index < -0.39 is 0 Å². The largest absolute Gasteiger partial charge is 0.490 e. The summed E-state index contributed by atoms with van der Waals surface area (Å²) in [6.07, 6.45) is 0.901. The lowest BCUT2D eigenvalue weighted by molar-refractivity contribution is 0.146. The van der Waals surface area contributed by atoms with Crippen molar-refractivity contribution in [1.82, 2.24) is 0 Å². The number of benzene rings is 1. The maximum atomic E-state index is 5.96. The molecule has 2 nitrogen and oxygen atoms in total. The molecule has 0 aromatic heterocycles. The van der Waals surface area contributed by atoms with Crippen LogP contribution in [0.2, 0.25) is 5.02 Å². The van der Waals surface area contributed by atoms with E-state index in [0.29, 0.717) is 18.2 Å². The Balaban J connectivity index is 2.64. The van der Waals surface area contributed by atoms with E-state index >= 15 is 0 Å². The first-order valence-corrected chi connectivity index (χ1v) is 5.57. The van der Waals surface area contributed by atoms with Crippen LogP contribution < -0.4 is 4.74 Å². The van der Waals surface area contributed by atoms with Crippen molar-refractivity contribution >= 4 is 20.8 Å². The van der Waals surface area contributed by atoms with Crippen molar-refractivity contribution in [1.29, 1.82) is 0 Å². The van der Waals surface area contributed by atoms with E-state index in [0.717, 1.165) is 11.9 Å². The van der Waals surface area contributed by atoms with Gasteiger partial charge in [-0.25, -0.2) is 0 Å². The smallest absolute Gasteiger partial charge is 0.138 e. The Morgan fingerprint density at radius 2 is 2.14 bits per heavy atom. The van der Waals surface area contributed by atoms with Gasteiger partial charge in [0.05, 0.1) is 11.6 Å². The second kappa shape index (κ2) is 6.23. The topological polar surface area (TPSA) is 18.5 Å². The minimum absolute atomic E-state index is 0.524. The van der Waals surface area contributed by atoms with Gasteiger partial charge in [0.2, 0.25) is 0 Å². The number of methoxy groups -OCH3 is 1. The molecule has 0 amide bonds. The summed E-state index contributed by atoms with van der Waals surface area (Å²) in [5.41, 5.74) is 1.19. The number of rotatable bonds is 5. The van der Waals surface area contributed by atoms with Gasteiger partial charge in [-0.1, -0.05) is 17.7 Å². The third-order valence-corrected chi connectivity index (χ3v) is 2.56.